The molecule has 16 heavy (non-hydrogen) atoms. The van der Waals surface area contributed by atoms with Gasteiger partial charge in [-0.3, -0.25) is 0 Å². The van der Waals surface area contributed by atoms with Gasteiger partial charge in [0.05, 0.1) is 0 Å². The molecule has 6 heteroatoms. The average Bonchev–Trinajstić information content (AvgIpc) is 2.18. The summed E-state index contributed by atoms with van der Waals surface area (Å²) >= 11 is 0. The van der Waals surface area contributed by atoms with Crippen molar-refractivity contribution in [2.75, 3.05) is 13.7 Å². The summed E-state index contributed by atoms with van der Waals surface area (Å²) in [6.07, 6.45) is 2.64. The van der Waals surface area contributed by atoms with Gasteiger partial charge in [-0.05, 0) is 4.53 Å². The summed E-state index contributed by atoms with van der Waals surface area (Å²) in [4.78, 5) is 2.82. The molecule has 0 saturated carbocycles. The molecule has 0 fully saturated rings. The molecule has 0 bridgehead atoms. The van der Waals surface area contributed by atoms with Gasteiger partial charge >= 0.3 is 0 Å². The van der Waals surface area contributed by atoms with E-state index in [-0.39, 0.29) is 29.7 Å². The molecule has 2 nitrogen and oxygen atoms in total. The van der Waals surface area contributed by atoms with E-state index < -0.39 is 13.7 Å². The maximum atomic E-state index is 10.7. The van der Waals surface area contributed by atoms with Crippen LogP contribution in [-0.4, -0.2) is 13.7 Å². The first-order chi connectivity index (χ1) is 5.83. The van der Waals surface area contributed by atoms with Crippen molar-refractivity contribution in [2.45, 2.75) is 56.4 Å². The standard InChI is InChI=1S/C4H10.C2H4F2O2.4CH4.F2/c1-3-4-2;3-1-5-2-6-4;;;;;1-2/h3-4H2,1-2H3;1-2H2;4*1H4;. The van der Waals surface area contributed by atoms with Crippen molar-refractivity contribution in [2.24, 2.45) is 0 Å². The Balaban J connectivity index is -0.0000000148. The van der Waals surface area contributed by atoms with Gasteiger partial charge < -0.3 is 4.74 Å². The number of unbranched alkanes of at least 4 members (excludes halogenated alkanes) is 1. The molecule has 0 rings (SSSR count). The lowest BCUT2D eigenvalue weighted by atomic mass is 10.4. The molecule has 0 aromatic rings. The largest absolute Gasteiger partial charge is 0.321 e. The van der Waals surface area contributed by atoms with Gasteiger partial charge in [-0.1, -0.05) is 56.4 Å². The Morgan fingerprint density at radius 1 is 0.875 bits per heavy atom. The van der Waals surface area contributed by atoms with Crippen LogP contribution in [0.15, 0.2) is 0 Å². The van der Waals surface area contributed by atoms with Crippen LogP contribution in [0.4, 0.5) is 18.1 Å². The third kappa shape index (κ3) is 164. The second-order valence-electron chi connectivity index (χ2n) is 1.54. The summed E-state index contributed by atoms with van der Waals surface area (Å²) in [6, 6.07) is 0. The second kappa shape index (κ2) is 85.6. The van der Waals surface area contributed by atoms with Crippen molar-refractivity contribution in [3.8, 4) is 0 Å². The Kier molecular flexibility index (Phi) is 240. The fraction of sp³-hybridized carbons (Fsp3) is 1.00. The molecule has 0 spiro atoms. The van der Waals surface area contributed by atoms with E-state index >= 15 is 0 Å². The van der Waals surface area contributed by atoms with Crippen molar-refractivity contribution in [3.63, 3.8) is 0 Å². The lowest BCUT2D eigenvalue weighted by molar-refractivity contribution is -0.221. The van der Waals surface area contributed by atoms with Gasteiger partial charge in [0.1, 0.15) is 0 Å². The van der Waals surface area contributed by atoms with E-state index in [1.165, 1.54) is 12.8 Å². The number of hydrogen-bond donors (Lipinski definition) is 0. The maximum Gasteiger partial charge on any atom is 0.191 e. The van der Waals surface area contributed by atoms with Crippen LogP contribution in [0.3, 0.4) is 0 Å². The van der Waals surface area contributed by atoms with Crippen LogP contribution in [0.1, 0.15) is 56.4 Å². The Morgan fingerprint density at radius 2 is 1.19 bits per heavy atom. The molecular formula is C10H30F4O2. The highest BCUT2D eigenvalue weighted by molar-refractivity contribution is 4.12. The van der Waals surface area contributed by atoms with Crippen LogP contribution >= 0.6 is 0 Å². The molecule has 0 aliphatic carbocycles. The first-order valence-electron chi connectivity index (χ1n) is 3.34. The molecular weight excluding hydrogens is 228 g/mol. The number of rotatable bonds is 4. The fourth-order valence-corrected chi connectivity index (χ4v) is 0.0630. The van der Waals surface area contributed by atoms with E-state index in [9.17, 15) is 8.92 Å². The van der Waals surface area contributed by atoms with Crippen LogP contribution in [-0.2, 0) is 9.68 Å². The van der Waals surface area contributed by atoms with Crippen molar-refractivity contribution < 1.29 is 27.7 Å². The zero-order valence-electron chi connectivity index (χ0n) is 7.16. The van der Waals surface area contributed by atoms with Crippen LogP contribution < -0.4 is 0 Å². The molecule has 0 aromatic heterocycles. The Hall–Kier alpha value is -0.360. The molecule has 0 aromatic carbocycles. The van der Waals surface area contributed by atoms with Gasteiger partial charge in [0.15, 0.2) is 13.7 Å². The maximum absolute atomic E-state index is 10.7. The smallest absolute Gasteiger partial charge is 0.191 e. The highest BCUT2D eigenvalue weighted by Gasteiger charge is 1.77. The van der Waals surface area contributed by atoms with Crippen molar-refractivity contribution in [1.29, 1.82) is 0 Å². The summed E-state index contributed by atoms with van der Waals surface area (Å²) in [5.41, 5.74) is 0. The molecule has 0 heterocycles. The monoisotopic (exact) mass is 258 g/mol. The summed E-state index contributed by atoms with van der Waals surface area (Å²) in [5, 5.41) is 0. The minimum atomic E-state index is -1.01. The molecule has 0 amide bonds. The zero-order valence-corrected chi connectivity index (χ0v) is 7.16. The molecule has 0 atom stereocenters. The predicted octanol–water partition coefficient (Wildman–Crippen LogP) is 5.98. The highest BCUT2D eigenvalue weighted by atomic mass is 20.0. The number of alkyl halides is 1. The van der Waals surface area contributed by atoms with Gasteiger partial charge in [0.2, 0.25) is 0 Å². The van der Waals surface area contributed by atoms with Crippen LogP contribution in [0, 0.1) is 0 Å². The fourth-order valence-electron chi connectivity index (χ4n) is 0.0630. The lowest BCUT2D eigenvalue weighted by Crippen LogP contribution is -1.89. The van der Waals surface area contributed by atoms with E-state index in [1.54, 1.807) is 0 Å². The van der Waals surface area contributed by atoms with E-state index in [1.807, 2.05) is 0 Å². The molecule has 0 radical (unpaired) electrons. The topological polar surface area (TPSA) is 18.5 Å². The Bertz CT molecular complexity index is 45.8. The van der Waals surface area contributed by atoms with E-state index in [0.29, 0.717) is 0 Å². The number of halogens is 4. The summed E-state index contributed by atoms with van der Waals surface area (Å²) in [5.74, 6) is 0. The Morgan fingerprint density at radius 3 is 1.25 bits per heavy atom. The first kappa shape index (κ1) is 44.9. The van der Waals surface area contributed by atoms with Crippen LogP contribution in [0.5, 0.6) is 0 Å². The van der Waals surface area contributed by atoms with Gasteiger partial charge in [0, 0.05) is 9.15 Å². The molecule has 0 unspecified atom stereocenters. The molecule has 0 aliphatic heterocycles. The summed E-state index contributed by atoms with van der Waals surface area (Å²) in [6.45, 7) is 2.72. The minimum absolute atomic E-state index is 0. The first-order valence-corrected chi connectivity index (χ1v) is 3.34. The van der Waals surface area contributed by atoms with E-state index in [2.05, 4.69) is 23.5 Å². The van der Waals surface area contributed by atoms with Gasteiger partial charge in [0.25, 0.3) is 0 Å². The van der Waals surface area contributed by atoms with Crippen LogP contribution in [0.2, 0.25) is 0 Å². The number of ether oxygens (including phenoxy) is 1. The lowest BCUT2D eigenvalue weighted by Gasteiger charge is -1.86. The minimum Gasteiger partial charge on any atom is -0.321 e. The molecule has 0 N–H and O–H groups in total. The van der Waals surface area contributed by atoms with Crippen molar-refractivity contribution in [1.82, 2.24) is 0 Å². The predicted molar refractivity (Wildman–Crippen MR) is 63.8 cm³/mol. The second-order valence-corrected chi connectivity index (χ2v) is 1.54. The molecule has 0 saturated heterocycles. The molecule has 0 aliphatic rings. The highest BCUT2D eigenvalue weighted by Crippen LogP contribution is 1.77. The summed E-state index contributed by atoms with van der Waals surface area (Å²) in [7, 11) is 0. The number of hydrogen-bond acceptors (Lipinski definition) is 2. The van der Waals surface area contributed by atoms with Gasteiger partial charge in [-0.25, -0.2) is 4.39 Å². The molecule has 110 valence electrons. The SMILES string of the molecule is C.C.C.C.CCCC.FCOCOF.FF. The van der Waals surface area contributed by atoms with E-state index in [0.717, 1.165) is 0 Å². The quantitative estimate of drug-likeness (QED) is 0.351. The zero-order chi connectivity index (χ0) is 10.2. The van der Waals surface area contributed by atoms with E-state index in [4.69, 9.17) is 9.15 Å². The third-order valence-corrected chi connectivity index (χ3v) is 0.705. The van der Waals surface area contributed by atoms with Crippen LogP contribution in [0.25, 0.3) is 0 Å². The normalized spacial score (nSPS) is 5.62. The van der Waals surface area contributed by atoms with Gasteiger partial charge in [-0.15, -0.1) is 0 Å². The average molecular weight is 258 g/mol. The van der Waals surface area contributed by atoms with Crippen molar-refractivity contribution >= 4 is 0 Å². The summed E-state index contributed by atoms with van der Waals surface area (Å²) < 4.78 is 40.8. The van der Waals surface area contributed by atoms with Crippen molar-refractivity contribution in [3.05, 3.63) is 0 Å². The Labute approximate surface area is 98.7 Å². The third-order valence-electron chi connectivity index (χ3n) is 0.705. The van der Waals surface area contributed by atoms with Gasteiger partial charge in [-0.2, -0.15) is 4.94 Å².